The third-order valence-corrected chi connectivity index (χ3v) is 5.27. The van der Waals surface area contributed by atoms with Gasteiger partial charge in [-0.15, -0.1) is 0 Å². The summed E-state index contributed by atoms with van der Waals surface area (Å²) in [5.41, 5.74) is 0. The van der Waals surface area contributed by atoms with Gasteiger partial charge in [0.15, 0.2) is 0 Å². The van der Waals surface area contributed by atoms with E-state index in [1.165, 1.54) is 44.9 Å². The van der Waals surface area contributed by atoms with Gasteiger partial charge in [-0.3, -0.25) is 9.05 Å². The fraction of sp³-hybridized carbons (Fsp3) is 1.00. The van der Waals surface area contributed by atoms with Gasteiger partial charge in [-0.05, 0) is 12.3 Å². The highest BCUT2D eigenvalue weighted by molar-refractivity contribution is 7.47. The molecule has 22 heavy (non-hydrogen) atoms. The van der Waals surface area contributed by atoms with Crippen molar-refractivity contribution in [3.05, 3.63) is 0 Å². The summed E-state index contributed by atoms with van der Waals surface area (Å²) in [6.07, 6.45) is 11.4. The minimum atomic E-state index is -3.86. The minimum Gasteiger partial charge on any atom is -0.329 e. The number of nitrogens with zero attached hydrogens (tertiary/aromatic N) is 1. The number of hydrogen-bond donors (Lipinski definition) is 1. The maximum Gasteiger partial charge on any atom is 0.472 e. The molecule has 1 fully saturated rings. The van der Waals surface area contributed by atoms with Gasteiger partial charge in [0, 0.05) is 0 Å². The maximum atomic E-state index is 11.7. The first-order chi connectivity index (χ1) is 10.3. The molecule has 0 saturated heterocycles. The number of phosphoric acid groups is 1. The highest BCUT2D eigenvalue weighted by Crippen LogP contribution is 2.43. The van der Waals surface area contributed by atoms with Crippen LogP contribution in [0, 0.1) is 5.92 Å². The molecule has 0 aliphatic heterocycles. The molecule has 1 atom stereocenters. The summed E-state index contributed by atoms with van der Waals surface area (Å²) in [7, 11) is 2.17. The monoisotopic (exact) mass is 336 g/mol. The Kier molecular flexibility index (Phi) is 9.18. The van der Waals surface area contributed by atoms with E-state index < -0.39 is 7.82 Å². The van der Waals surface area contributed by atoms with Crippen molar-refractivity contribution >= 4 is 7.82 Å². The van der Waals surface area contributed by atoms with Crippen LogP contribution in [0.1, 0.15) is 57.8 Å². The Balaban J connectivity index is 1.99. The lowest BCUT2D eigenvalue weighted by atomic mass is 9.86. The Morgan fingerprint density at radius 1 is 1.00 bits per heavy atom. The molecule has 1 rings (SSSR count). The van der Waals surface area contributed by atoms with Crippen molar-refractivity contribution in [1.82, 2.24) is 0 Å². The first-order valence-corrected chi connectivity index (χ1v) is 10.2. The molecular weight excluding hydrogens is 301 g/mol. The molecule has 0 aromatic rings. The van der Waals surface area contributed by atoms with E-state index in [2.05, 4.69) is 0 Å². The second-order valence-electron chi connectivity index (χ2n) is 7.50. The first-order valence-electron chi connectivity index (χ1n) is 8.71. The summed E-state index contributed by atoms with van der Waals surface area (Å²) in [4.78, 5) is 9.58. The standard InChI is InChI=1S/C16H34NO4P/c1-17(2,3)13-15-21-22(18,19)20-14-9-5-8-12-16-10-6-4-7-11-16/h16H,4-15H2,1-3H3/p+1. The van der Waals surface area contributed by atoms with Crippen molar-refractivity contribution < 1.29 is 23.0 Å². The highest BCUT2D eigenvalue weighted by atomic mass is 31.2. The fourth-order valence-corrected chi connectivity index (χ4v) is 3.58. The lowest BCUT2D eigenvalue weighted by Gasteiger charge is -2.24. The molecular formula is C16H35NO4P+. The smallest absolute Gasteiger partial charge is 0.329 e. The molecule has 1 N–H and O–H groups in total. The SMILES string of the molecule is C[N+](C)(C)CCOP(=O)(O)OCCCCCC1CCCCC1. The zero-order valence-electron chi connectivity index (χ0n) is 14.6. The van der Waals surface area contributed by atoms with E-state index in [9.17, 15) is 9.46 Å². The van der Waals surface area contributed by atoms with Gasteiger partial charge in [0.05, 0.1) is 27.7 Å². The van der Waals surface area contributed by atoms with E-state index in [1.54, 1.807) is 0 Å². The summed E-state index contributed by atoms with van der Waals surface area (Å²) in [5.74, 6) is 0.914. The average molecular weight is 336 g/mol. The predicted molar refractivity (Wildman–Crippen MR) is 89.7 cm³/mol. The molecule has 0 radical (unpaired) electrons. The first kappa shape index (κ1) is 20.1. The summed E-state index contributed by atoms with van der Waals surface area (Å²) < 4.78 is 22.4. The van der Waals surface area contributed by atoms with Gasteiger partial charge in [0.1, 0.15) is 13.2 Å². The van der Waals surface area contributed by atoms with Crippen molar-refractivity contribution in [2.24, 2.45) is 5.92 Å². The van der Waals surface area contributed by atoms with Crippen LogP contribution in [0.3, 0.4) is 0 Å². The normalized spacial score (nSPS) is 20.0. The Hall–Kier alpha value is 0.0700. The van der Waals surface area contributed by atoms with E-state index in [4.69, 9.17) is 9.05 Å². The molecule has 0 spiro atoms. The minimum absolute atomic E-state index is 0.235. The van der Waals surface area contributed by atoms with Crippen LogP contribution in [0.4, 0.5) is 0 Å². The van der Waals surface area contributed by atoms with Crippen LogP contribution in [0.5, 0.6) is 0 Å². The second-order valence-corrected chi connectivity index (χ2v) is 8.96. The fourth-order valence-electron chi connectivity index (χ4n) is 2.83. The van der Waals surface area contributed by atoms with Crippen LogP contribution in [-0.4, -0.2) is 50.3 Å². The topological polar surface area (TPSA) is 55.8 Å². The molecule has 0 aromatic heterocycles. The number of hydrogen-bond acceptors (Lipinski definition) is 3. The summed E-state index contributed by atoms with van der Waals surface area (Å²) >= 11 is 0. The Morgan fingerprint density at radius 3 is 2.27 bits per heavy atom. The van der Waals surface area contributed by atoms with Crippen molar-refractivity contribution in [3.8, 4) is 0 Å². The Bertz CT molecular complexity index is 338. The lowest BCUT2D eigenvalue weighted by Crippen LogP contribution is -2.37. The van der Waals surface area contributed by atoms with Crippen LogP contribution in [0.2, 0.25) is 0 Å². The van der Waals surface area contributed by atoms with E-state index in [1.807, 2.05) is 21.1 Å². The van der Waals surface area contributed by atoms with Crippen LogP contribution in [0.25, 0.3) is 0 Å². The van der Waals surface area contributed by atoms with Gasteiger partial charge in [-0.25, -0.2) is 4.57 Å². The molecule has 0 bridgehead atoms. The van der Waals surface area contributed by atoms with Crippen LogP contribution < -0.4 is 0 Å². The van der Waals surface area contributed by atoms with E-state index in [0.717, 1.165) is 18.8 Å². The quantitative estimate of drug-likeness (QED) is 0.352. The lowest BCUT2D eigenvalue weighted by molar-refractivity contribution is -0.870. The maximum absolute atomic E-state index is 11.7. The number of quaternary nitrogens is 1. The van der Waals surface area contributed by atoms with Gasteiger partial charge in [-0.1, -0.05) is 51.4 Å². The van der Waals surface area contributed by atoms with Crippen LogP contribution >= 0.6 is 7.82 Å². The van der Waals surface area contributed by atoms with Crippen molar-refractivity contribution in [1.29, 1.82) is 0 Å². The van der Waals surface area contributed by atoms with E-state index >= 15 is 0 Å². The van der Waals surface area contributed by atoms with Crippen LogP contribution in [-0.2, 0) is 13.6 Å². The second kappa shape index (κ2) is 10.0. The molecule has 0 aromatic carbocycles. The van der Waals surface area contributed by atoms with E-state index in [-0.39, 0.29) is 6.61 Å². The van der Waals surface area contributed by atoms with Gasteiger partial charge in [0.2, 0.25) is 0 Å². The van der Waals surface area contributed by atoms with Gasteiger partial charge in [0.25, 0.3) is 0 Å². The molecule has 1 saturated carbocycles. The van der Waals surface area contributed by atoms with Crippen molar-refractivity contribution in [2.45, 2.75) is 57.8 Å². The van der Waals surface area contributed by atoms with Crippen LogP contribution in [0.15, 0.2) is 0 Å². The third kappa shape index (κ3) is 10.7. The molecule has 1 aliphatic rings. The zero-order chi connectivity index (χ0) is 16.5. The number of unbranched alkanes of at least 4 members (excludes halogenated alkanes) is 2. The molecule has 1 aliphatic carbocycles. The van der Waals surface area contributed by atoms with E-state index in [0.29, 0.717) is 17.6 Å². The molecule has 0 amide bonds. The van der Waals surface area contributed by atoms with Crippen molar-refractivity contribution in [3.63, 3.8) is 0 Å². The van der Waals surface area contributed by atoms with Gasteiger partial charge >= 0.3 is 7.82 Å². The summed E-state index contributed by atoms with van der Waals surface area (Å²) in [6, 6.07) is 0. The number of likely N-dealkylation sites (N-methyl/N-ethyl adjacent to an activating group) is 1. The number of rotatable bonds is 11. The summed E-state index contributed by atoms with van der Waals surface area (Å²) in [5, 5.41) is 0. The number of phosphoric ester groups is 1. The van der Waals surface area contributed by atoms with Gasteiger partial charge < -0.3 is 9.38 Å². The third-order valence-electron chi connectivity index (χ3n) is 4.25. The average Bonchev–Trinajstić information content (AvgIpc) is 2.42. The molecule has 5 nitrogen and oxygen atoms in total. The summed E-state index contributed by atoms with van der Waals surface area (Å²) in [6.45, 7) is 1.22. The molecule has 132 valence electrons. The van der Waals surface area contributed by atoms with Crippen molar-refractivity contribution in [2.75, 3.05) is 40.9 Å². The largest absolute Gasteiger partial charge is 0.472 e. The Labute approximate surface area is 136 Å². The highest BCUT2D eigenvalue weighted by Gasteiger charge is 2.22. The van der Waals surface area contributed by atoms with Gasteiger partial charge in [-0.2, -0.15) is 0 Å². The molecule has 6 heteroatoms. The zero-order valence-corrected chi connectivity index (χ0v) is 15.5. The molecule has 1 unspecified atom stereocenters. The Morgan fingerprint density at radius 2 is 1.64 bits per heavy atom. The molecule has 0 heterocycles. The predicted octanol–water partition coefficient (Wildman–Crippen LogP) is 3.97.